The van der Waals surface area contributed by atoms with Crippen molar-refractivity contribution >= 4 is 5.91 Å². The molecule has 6 nitrogen and oxygen atoms in total. The number of rotatable bonds is 5. The minimum atomic E-state index is -0.0562. The average molecular weight is 340 g/mol. The van der Waals surface area contributed by atoms with Crippen LogP contribution in [0.3, 0.4) is 0 Å². The number of carbonyl (C=O) groups is 1. The van der Waals surface area contributed by atoms with Crippen molar-refractivity contribution < 1.29 is 9.90 Å². The van der Waals surface area contributed by atoms with Gasteiger partial charge in [-0.1, -0.05) is 25.1 Å². The van der Waals surface area contributed by atoms with Crippen LogP contribution < -0.4 is 5.32 Å². The van der Waals surface area contributed by atoms with Crippen molar-refractivity contribution in [2.45, 2.75) is 38.3 Å². The van der Waals surface area contributed by atoms with Gasteiger partial charge in [0.25, 0.3) is 5.91 Å². The number of amides is 1. The quantitative estimate of drug-likeness (QED) is 0.874. The van der Waals surface area contributed by atoms with Gasteiger partial charge >= 0.3 is 0 Å². The second-order valence-corrected chi connectivity index (χ2v) is 6.34. The smallest absolute Gasteiger partial charge is 0.274 e. The summed E-state index contributed by atoms with van der Waals surface area (Å²) < 4.78 is 0. The van der Waals surface area contributed by atoms with Crippen LogP contribution in [-0.2, 0) is 0 Å². The molecule has 25 heavy (non-hydrogen) atoms. The molecule has 2 aromatic rings. The molecule has 0 radical (unpaired) electrons. The van der Waals surface area contributed by atoms with Crippen molar-refractivity contribution in [1.29, 1.82) is 0 Å². The third-order valence-electron chi connectivity index (χ3n) is 4.72. The molecule has 1 amide bonds. The lowest BCUT2D eigenvalue weighted by Gasteiger charge is -2.34. The molecule has 1 saturated heterocycles. The first-order chi connectivity index (χ1) is 12.2. The van der Waals surface area contributed by atoms with Crippen molar-refractivity contribution in [3.05, 3.63) is 54.1 Å². The number of hydrogen-bond donors (Lipinski definition) is 2. The molecule has 1 aliphatic rings. The average Bonchev–Trinajstić information content (AvgIpc) is 2.67. The highest BCUT2D eigenvalue weighted by molar-refractivity contribution is 5.92. The van der Waals surface area contributed by atoms with Crippen LogP contribution in [0.2, 0.25) is 0 Å². The summed E-state index contributed by atoms with van der Waals surface area (Å²) in [6.07, 6.45) is 7.29. The van der Waals surface area contributed by atoms with Gasteiger partial charge in [0.2, 0.25) is 0 Å². The Hall–Kier alpha value is -2.47. The first-order valence-corrected chi connectivity index (χ1v) is 8.78. The van der Waals surface area contributed by atoms with Gasteiger partial charge in [-0.25, -0.2) is 4.98 Å². The van der Waals surface area contributed by atoms with Crippen LogP contribution in [-0.4, -0.2) is 45.0 Å². The van der Waals surface area contributed by atoms with Crippen molar-refractivity contribution in [3.8, 4) is 5.75 Å². The molecular formula is C19H24N4O2. The predicted molar refractivity (Wildman–Crippen MR) is 95.2 cm³/mol. The number of para-hydroxylation sites is 1. The fourth-order valence-corrected chi connectivity index (χ4v) is 3.32. The van der Waals surface area contributed by atoms with Gasteiger partial charge in [-0.15, -0.1) is 0 Å². The summed E-state index contributed by atoms with van der Waals surface area (Å²) in [7, 11) is 0. The molecule has 1 aromatic heterocycles. The van der Waals surface area contributed by atoms with Crippen LogP contribution in [0.25, 0.3) is 0 Å². The number of aromatic nitrogens is 2. The maximum atomic E-state index is 12.4. The third kappa shape index (κ3) is 4.14. The Morgan fingerprint density at radius 3 is 2.72 bits per heavy atom. The maximum Gasteiger partial charge on any atom is 0.274 e. The molecule has 0 unspecified atom stereocenters. The zero-order valence-corrected chi connectivity index (χ0v) is 14.4. The molecule has 0 aliphatic carbocycles. The Morgan fingerprint density at radius 2 is 2.08 bits per heavy atom. The van der Waals surface area contributed by atoms with E-state index in [0.29, 0.717) is 30.6 Å². The molecular weight excluding hydrogens is 316 g/mol. The van der Waals surface area contributed by atoms with Crippen molar-refractivity contribution in [3.63, 3.8) is 0 Å². The molecule has 1 aromatic carbocycles. The van der Waals surface area contributed by atoms with Crippen LogP contribution in [0.1, 0.15) is 48.3 Å². The number of benzene rings is 1. The molecule has 0 spiro atoms. The van der Waals surface area contributed by atoms with E-state index < -0.39 is 0 Å². The Bertz CT molecular complexity index is 700. The van der Waals surface area contributed by atoms with E-state index >= 15 is 0 Å². The number of phenols is 1. The Balaban J connectivity index is 1.57. The number of phenolic OH excluding ortho intramolecular Hbond substituents is 1. The van der Waals surface area contributed by atoms with Gasteiger partial charge < -0.3 is 15.3 Å². The zero-order valence-electron chi connectivity index (χ0n) is 14.4. The largest absolute Gasteiger partial charge is 0.508 e. The van der Waals surface area contributed by atoms with Gasteiger partial charge in [0, 0.05) is 43.1 Å². The van der Waals surface area contributed by atoms with Gasteiger partial charge in [0.15, 0.2) is 0 Å². The van der Waals surface area contributed by atoms with Crippen LogP contribution in [0.4, 0.5) is 0 Å². The van der Waals surface area contributed by atoms with E-state index in [1.807, 2.05) is 23.1 Å². The van der Waals surface area contributed by atoms with Gasteiger partial charge in [-0.05, 0) is 25.3 Å². The Morgan fingerprint density at radius 1 is 1.32 bits per heavy atom. The SMILES string of the molecule is CC[C@@H](NC1CCN(C(=O)c2cnccn2)CC1)c1ccccc1O. The summed E-state index contributed by atoms with van der Waals surface area (Å²) in [5.74, 6) is 0.274. The lowest BCUT2D eigenvalue weighted by Crippen LogP contribution is -2.46. The van der Waals surface area contributed by atoms with E-state index in [1.54, 1.807) is 18.5 Å². The standard InChI is InChI=1S/C19H24N4O2/c1-2-16(15-5-3-4-6-18(15)24)22-14-7-11-23(12-8-14)19(25)17-13-20-9-10-21-17/h3-6,9-10,13-14,16,22,24H,2,7-8,11-12H2,1H3/t16-/m1/s1. The topological polar surface area (TPSA) is 78.4 Å². The van der Waals surface area contributed by atoms with Gasteiger partial charge in [0.1, 0.15) is 11.4 Å². The normalized spacial score (nSPS) is 16.6. The van der Waals surface area contributed by atoms with E-state index in [2.05, 4.69) is 22.2 Å². The van der Waals surface area contributed by atoms with Crippen molar-refractivity contribution in [1.82, 2.24) is 20.2 Å². The first kappa shape index (κ1) is 17.4. The fourth-order valence-electron chi connectivity index (χ4n) is 3.32. The van der Waals surface area contributed by atoms with Crippen LogP contribution in [0.15, 0.2) is 42.9 Å². The number of likely N-dealkylation sites (tertiary alicyclic amines) is 1. The van der Waals surface area contributed by atoms with Crippen LogP contribution in [0, 0.1) is 0 Å². The first-order valence-electron chi connectivity index (χ1n) is 8.78. The zero-order chi connectivity index (χ0) is 17.6. The second-order valence-electron chi connectivity index (χ2n) is 6.34. The summed E-state index contributed by atoms with van der Waals surface area (Å²) in [5, 5.41) is 13.7. The van der Waals surface area contributed by atoms with Crippen LogP contribution >= 0.6 is 0 Å². The molecule has 1 atom stereocenters. The summed E-state index contributed by atoms with van der Waals surface area (Å²) >= 11 is 0. The summed E-state index contributed by atoms with van der Waals surface area (Å²) in [5.41, 5.74) is 1.33. The molecule has 0 bridgehead atoms. The number of piperidine rings is 1. The summed E-state index contributed by atoms with van der Waals surface area (Å²) in [6, 6.07) is 7.92. The monoisotopic (exact) mass is 340 g/mol. The number of nitrogens with one attached hydrogen (secondary N) is 1. The summed E-state index contributed by atoms with van der Waals surface area (Å²) in [4.78, 5) is 22.3. The molecule has 3 rings (SSSR count). The molecule has 1 aliphatic heterocycles. The molecule has 2 heterocycles. The molecule has 132 valence electrons. The number of nitrogens with zero attached hydrogens (tertiary/aromatic N) is 3. The van der Waals surface area contributed by atoms with E-state index in [9.17, 15) is 9.90 Å². The van der Waals surface area contributed by atoms with E-state index in [1.165, 1.54) is 6.20 Å². The highest BCUT2D eigenvalue weighted by atomic mass is 16.3. The number of hydrogen-bond acceptors (Lipinski definition) is 5. The molecule has 0 saturated carbocycles. The molecule has 1 fully saturated rings. The minimum absolute atomic E-state index is 0.0562. The second kappa shape index (κ2) is 8.07. The molecule has 2 N–H and O–H groups in total. The van der Waals surface area contributed by atoms with Gasteiger partial charge in [-0.3, -0.25) is 9.78 Å². The number of aromatic hydroxyl groups is 1. The van der Waals surface area contributed by atoms with E-state index in [0.717, 1.165) is 24.8 Å². The highest BCUT2D eigenvalue weighted by Crippen LogP contribution is 2.27. The minimum Gasteiger partial charge on any atom is -0.508 e. The Kier molecular flexibility index (Phi) is 5.60. The fraction of sp³-hybridized carbons (Fsp3) is 0.421. The van der Waals surface area contributed by atoms with Crippen molar-refractivity contribution in [2.75, 3.05) is 13.1 Å². The van der Waals surface area contributed by atoms with Gasteiger partial charge in [-0.2, -0.15) is 0 Å². The lowest BCUT2D eigenvalue weighted by molar-refractivity contribution is 0.0695. The van der Waals surface area contributed by atoms with Gasteiger partial charge in [0.05, 0.1) is 6.20 Å². The van der Waals surface area contributed by atoms with Crippen molar-refractivity contribution in [2.24, 2.45) is 0 Å². The third-order valence-corrected chi connectivity index (χ3v) is 4.72. The predicted octanol–water partition coefficient (Wildman–Crippen LogP) is 2.53. The number of carbonyl (C=O) groups excluding carboxylic acids is 1. The van der Waals surface area contributed by atoms with E-state index in [4.69, 9.17) is 0 Å². The van der Waals surface area contributed by atoms with E-state index in [-0.39, 0.29) is 11.9 Å². The Labute approximate surface area is 147 Å². The lowest BCUT2D eigenvalue weighted by atomic mass is 9.98. The maximum absolute atomic E-state index is 12.4. The van der Waals surface area contributed by atoms with Crippen LogP contribution in [0.5, 0.6) is 5.75 Å². The molecule has 6 heteroatoms. The highest BCUT2D eigenvalue weighted by Gasteiger charge is 2.26. The summed E-state index contributed by atoms with van der Waals surface area (Å²) in [6.45, 7) is 3.51.